The van der Waals surface area contributed by atoms with E-state index < -0.39 is 0 Å². The minimum Gasteiger partial charge on any atom is -0.378 e. The molecule has 1 aliphatic heterocycles. The molecule has 2 bridgehead atoms. The second-order valence-corrected chi connectivity index (χ2v) is 8.40. The molecule has 1 aromatic carbocycles. The predicted molar refractivity (Wildman–Crippen MR) is 93.7 cm³/mol. The highest BCUT2D eigenvalue weighted by Crippen LogP contribution is 2.50. The van der Waals surface area contributed by atoms with Gasteiger partial charge in [0, 0.05) is 32.4 Å². The number of hydrogen-bond acceptors (Lipinski definition) is 2. The van der Waals surface area contributed by atoms with Crippen molar-refractivity contribution in [3.05, 3.63) is 29.3 Å². The SMILES string of the molecule is CC1C2Cc3ccc(N(C)C)cc3[C@@]1(C)CCN2CC1CC1. The Morgan fingerprint density at radius 1 is 1.27 bits per heavy atom. The molecule has 3 atom stereocenters. The first-order valence-corrected chi connectivity index (χ1v) is 9.04. The molecule has 4 rings (SSSR count). The third-order valence-corrected chi connectivity index (χ3v) is 6.81. The first kappa shape index (κ1) is 14.6. The van der Waals surface area contributed by atoms with Crippen LogP contribution in [0.2, 0.25) is 0 Å². The minimum atomic E-state index is 0.365. The molecule has 0 radical (unpaired) electrons. The van der Waals surface area contributed by atoms with Crippen molar-refractivity contribution in [2.45, 2.75) is 51.0 Å². The summed E-state index contributed by atoms with van der Waals surface area (Å²) in [6.45, 7) is 7.69. The van der Waals surface area contributed by atoms with Gasteiger partial charge in [-0.15, -0.1) is 0 Å². The first-order chi connectivity index (χ1) is 10.5. The van der Waals surface area contributed by atoms with Crippen LogP contribution in [0, 0.1) is 11.8 Å². The molecule has 0 aromatic heterocycles. The van der Waals surface area contributed by atoms with Crippen molar-refractivity contribution in [3.63, 3.8) is 0 Å². The van der Waals surface area contributed by atoms with Gasteiger partial charge in [0.05, 0.1) is 0 Å². The summed E-state index contributed by atoms with van der Waals surface area (Å²) in [5.41, 5.74) is 4.96. The van der Waals surface area contributed by atoms with Crippen molar-refractivity contribution in [2.24, 2.45) is 11.8 Å². The third-order valence-electron chi connectivity index (χ3n) is 6.81. The lowest BCUT2D eigenvalue weighted by atomic mass is 9.59. The molecule has 0 spiro atoms. The summed E-state index contributed by atoms with van der Waals surface area (Å²) in [5.74, 6) is 1.78. The van der Waals surface area contributed by atoms with Gasteiger partial charge >= 0.3 is 0 Å². The van der Waals surface area contributed by atoms with E-state index in [9.17, 15) is 0 Å². The summed E-state index contributed by atoms with van der Waals surface area (Å²) in [5, 5.41) is 0. The molecule has 0 N–H and O–H groups in total. The van der Waals surface area contributed by atoms with Crippen molar-refractivity contribution in [3.8, 4) is 0 Å². The van der Waals surface area contributed by atoms with E-state index in [2.05, 4.69) is 55.9 Å². The maximum atomic E-state index is 2.83. The molecule has 3 aliphatic rings. The van der Waals surface area contributed by atoms with E-state index in [-0.39, 0.29) is 0 Å². The van der Waals surface area contributed by atoms with Crippen LogP contribution >= 0.6 is 0 Å². The fourth-order valence-electron chi connectivity index (χ4n) is 4.83. The standard InChI is InChI=1S/C20H30N2/c1-14-19-11-16-7-8-17(21(3)4)12-18(16)20(14,2)9-10-22(19)13-15-5-6-15/h7-8,12,14-15,19H,5-6,9-11,13H2,1-4H3/t14?,19?,20-/m0/s1. The van der Waals surface area contributed by atoms with Crippen LogP contribution in [-0.2, 0) is 11.8 Å². The number of hydrogen-bond donors (Lipinski definition) is 0. The molecule has 0 amide bonds. The topological polar surface area (TPSA) is 6.48 Å². The highest BCUT2D eigenvalue weighted by Gasteiger charge is 2.49. The summed E-state index contributed by atoms with van der Waals surface area (Å²) < 4.78 is 0. The average Bonchev–Trinajstić information content (AvgIpc) is 3.29. The molecule has 2 aliphatic carbocycles. The zero-order valence-electron chi connectivity index (χ0n) is 14.6. The predicted octanol–water partition coefficient (Wildman–Crippen LogP) is 3.69. The van der Waals surface area contributed by atoms with Gasteiger partial charge in [0.15, 0.2) is 0 Å². The normalized spacial score (nSPS) is 34.4. The van der Waals surface area contributed by atoms with E-state index in [0.717, 1.165) is 17.9 Å². The quantitative estimate of drug-likeness (QED) is 0.840. The summed E-state index contributed by atoms with van der Waals surface area (Å²) >= 11 is 0. The molecule has 1 saturated carbocycles. The smallest absolute Gasteiger partial charge is 0.0364 e. The maximum Gasteiger partial charge on any atom is 0.0364 e. The van der Waals surface area contributed by atoms with Crippen LogP contribution in [0.5, 0.6) is 0 Å². The zero-order chi connectivity index (χ0) is 15.5. The Hall–Kier alpha value is -1.02. The lowest BCUT2D eigenvalue weighted by Gasteiger charge is -2.55. The number of rotatable bonds is 3. The van der Waals surface area contributed by atoms with E-state index in [1.54, 1.807) is 11.1 Å². The number of piperidine rings is 1. The molecule has 2 heteroatoms. The van der Waals surface area contributed by atoms with Gasteiger partial charge in [-0.05, 0) is 72.7 Å². The largest absolute Gasteiger partial charge is 0.378 e. The highest BCUT2D eigenvalue weighted by atomic mass is 15.2. The Bertz CT molecular complexity index is 575. The summed E-state index contributed by atoms with van der Waals surface area (Å²) in [6.07, 6.45) is 5.52. The Morgan fingerprint density at radius 3 is 2.73 bits per heavy atom. The van der Waals surface area contributed by atoms with Crippen LogP contribution < -0.4 is 4.90 Å². The van der Waals surface area contributed by atoms with Gasteiger partial charge in [-0.3, -0.25) is 4.90 Å². The van der Waals surface area contributed by atoms with Crippen LogP contribution in [0.25, 0.3) is 0 Å². The Kier molecular flexibility index (Phi) is 3.30. The number of nitrogens with zero attached hydrogens (tertiary/aromatic N) is 2. The Labute approximate surface area is 135 Å². The van der Waals surface area contributed by atoms with Crippen LogP contribution in [0.15, 0.2) is 18.2 Å². The monoisotopic (exact) mass is 298 g/mol. The van der Waals surface area contributed by atoms with E-state index in [1.807, 2.05) is 0 Å². The molecule has 2 nitrogen and oxygen atoms in total. The van der Waals surface area contributed by atoms with E-state index in [4.69, 9.17) is 0 Å². The van der Waals surface area contributed by atoms with E-state index in [1.165, 1.54) is 44.5 Å². The number of likely N-dealkylation sites (tertiary alicyclic amines) is 1. The minimum absolute atomic E-state index is 0.365. The fourth-order valence-corrected chi connectivity index (χ4v) is 4.83. The van der Waals surface area contributed by atoms with Crippen LogP contribution in [0.4, 0.5) is 5.69 Å². The second-order valence-electron chi connectivity index (χ2n) is 8.40. The van der Waals surface area contributed by atoms with E-state index >= 15 is 0 Å². The molecule has 2 unspecified atom stereocenters. The second kappa shape index (κ2) is 4.99. The molecule has 1 saturated heterocycles. The maximum absolute atomic E-state index is 2.83. The van der Waals surface area contributed by atoms with Crippen LogP contribution in [-0.4, -0.2) is 38.1 Å². The first-order valence-electron chi connectivity index (χ1n) is 9.04. The molecule has 2 fully saturated rings. The summed E-state index contributed by atoms with van der Waals surface area (Å²) in [6, 6.07) is 7.94. The number of fused-ring (bicyclic) bond motifs is 4. The van der Waals surface area contributed by atoms with Crippen LogP contribution in [0.3, 0.4) is 0 Å². The third kappa shape index (κ3) is 2.19. The Balaban J connectivity index is 1.70. The fraction of sp³-hybridized carbons (Fsp3) is 0.700. The van der Waals surface area contributed by atoms with Crippen molar-refractivity contribution in [1.82, 2.24) is 4.90 Å². The molecule has 22 heavy (non-hydrogen) atoms. The zero-order valence-corrected chi connectivity index (χ0v) is 14.6. The Morgan fingerprint density at radius 2 is 2.05 bits per heavy atom. The lowest BCUT2D eigenvalue weighted by Crippen LogP contribution is -2.58. The molecule has 1 aromatic rings. The molecule has 1 heterocycles. The van der Waals surface area contributed by atoms with Gasteiger partial charge in [0.1, 0.15) is 0 Å². The number of benzene rings is 1. The number of anilines is 1. The van der Waals surface area contributed by atoms with Crippen molar-refractivity contribution in [2.75, 3.05) is 32.1 Å². The van der Waals surface area contributed by atoms with Crippen molar-refractivity contribution >= 4 is 5.69 Å². The van der Waals surface area contributed by atoms with Crippen LogP contribution in [0.1, 0.15) is 44.2 Å². The van der Waals surface area contributed by atoms with Gasteiger partial charge < -0.3 is 4.90 Å². The van der Waals surface area contributed by atoms with Crippen molar-refractivity contribution in [1.29, 1.82) is 0 Å². The summed E-state index contributed by atoms with van der Waals surface area (Å²) in [4.78, 5) is 5.06. The average molecular weight is 298 g/mol. The van der Waals surface area contributed by atoms with Gasteiger partial charge in [-0.1, -0.05) is 19.9 Å². The van der Waals surface area contributed by atoms with Gasteiger partial charge in [0.2, 0.25) is 0 Å². The molecular formula is C20H30N2. The summed E-state index contributed by atoms with van der Waals surface area (Å²) in [7, 11) is 4.30. The molecule has 120 valence electrons. The molecular weight excluding hydrogens is 268 g/mol. The highest BCUT2D eigenvalue weighted by molar-refractivity contribution is 5.54. The van der Waals surface area contributed by atoms with Crippen molar-refractivity contribution < 1.29 is 0 Å². The van der Waals surface area contributed by atoms with Gasteiger partial charge in [-0.25, -0.2) is 0 Å². The lowest BCUT2D eigenvalue weighted by molar-refractivity contribution is 0.0284. The van der Waals surface area contributed by atoms with Gasteiger partial charge in [0.25, 0.3) is 0 Å². The van der Waals surface area contributed by atoms with E-state index in [0.29, 0.717) is 5.41 Å². The van der Waals surface area contributed by atoms with Gasteiger partial charge in [-0.2, -0.15) is 0 Å².